The lowest BCUT2D eigenvalue weighted by Gasteiger charge is -2.19. The average Bonchev–Trinajstić information content (AvgIpc) is 3.36. The van der Waals surface area contributed by atoms with Gasteiger partial charge in [0.2, 0.25) is 0 Å². The summed E-state index contributed by atoms with van der Waals surface area (Å²) in [6, 6.07) is 13.7. The van der Waals surface area contributed by atoms with Gasteiger partial charge >= 0.3 is 11.9 Å². The number of rotatable bonds is 3. The Hall–Kier alpha value is -3.28. The second kappa shape index (κ2) is 6.61. The lowest BCUT2D eigenvalue weighted by molar-refractivity contribution is -0.162. The van der Waals surface area contributed by atoms with Crippen molar-refractivity contribution >= 4 is 23.5 Å². The van der Waals surface area contributed by atoms with Crippen molar-refractivity contribution in [3.05, 3.63) is 70.8 Å². The van der Waals surface area contributed by atoms with E-state index in [2.05, 4.69) is 20.8 Å². The van der Waals surface area contributed by atoms with Crippen LogP contribution in [0.25, 0.3) is 0 Å². The largest absolute Gasteiger partial charge is 0.468 e. The lowest BCUT2D eigenvalue weighted by atomic mass is 9.85. The van der Waals surface area contributed by atoms with E-state index < -0.39 is 40.3 Å². The number of ether oxygens (including phenoxy) is 2. The predicted molar refractivity (Wildman–Crippen MR) is 112 cm³/mol. The van der Waals surface area contributed by atoms with Gasteiger partial charge in [0.1, 0.15) is 5.41 Å². The highest BCUT2D eigenvalue weighted by atomic mass is 16.5. The van der Waals surface area contributed by atoms with Crippen LogP contribution in [0.1, 0.15) is 58.5 Å². The molecule has 0 bridgehead atoms. The van der Waals surface area contributed by atoms with E-state index in [0.29, 0.717) is 5.56 Å². The molecule has 0 radical (unpaired) electrons. The second-order valence-electron chi connectivity index (χ2n) is 9.11. The van der Waals surface area contributed by atoms with Crippen LogP contribution in [0, 0.1) is 10.8 Å². The first-order valence-corrected chi connectivity index (χ1v) is 10.1. The zero-order chi connectivity index (χ0) is 22.8. The van der Waals surface area contributed by atoms with E-state index in [4.69, 9.17) is 9.47 Å². The van der Waals surface area contributed by atoms with Gasteiger partial charge in [0.25, 0.3) is 0 Å². The van der Waals surface area contributed by atoms with E-state index in [0.717, 1.165) is 19.8 Å². The van der Waals surface area contributed by atoms with E-state index >= 15 is 0 Å². The van der Waals surface area contributed by atoms with E-state index in [1.807, 2.05) is 12.1 Å². The highest BCUT2D eigenvalue weighted by Gasteiger charge is 2.94. The van der Waals surface area contributed by atoms with Crippen molar-refractivity contribution in [2.45, 2.75) is 32.1 Å². The summed E-state index contributed by atoms with van der Waals surface area (Å²) in [5, 5.41) is 0. The van der Waals surface area contributed by atoms with Crippen molar-refractivity contribution in [1.82, 2.24) is 0 Å². The fourth-order valence-electron chi connectivity index (χ4n) is 5.14. The summed E-state index contributed by atoms with van der Waals surface area (Å²) in [5.41, 5.74) is -2.08. The molecule has 1 spiro atoms. The molecule has 0 aliphatic heterocycles. The molecule has 1 unspecified atom stereocenters. The molecule has 0 aromatic heterocycles. The van der Waals surface area contributed by atoms with Crippen LogP contribution >= 0.6 is 0 Å². The summed E-state index contributed by atoms with van der Waals surface area (Å²) in [6.07, 6.45) is 0. The van der Waals surface area contributed by atoms with Crippen LogP contribution in [-0.2, 0) is 24.5 Å². The number of methoxy groups -OCH3 is 2. The standard InChI is InChI=1S/C25H24O6/c1-23(2,3)15-12-10-14(11-13-15)18-24(25(18,21(28)30-4)22(29)31-5)19(26)16-8-6-7-9-17(16)20(24)27/h6-13,18H,1-5H3. The van der Waals surface area contributed by atoms with Gasteiger partial charge < -0.3 is 9.47 Å². The first-order chi connectivity index (χ1) is 14.6. The normalized spacial score (nSPS) is 20.4. The topological polar surface area (TPSA) is 86.7 Å². The van der Waals surface area contributed by atoms with Crippen molar-refractivity contribution in [2.75, 3.05) is 14.2 Å². The van der Waals surface area contributed by atoms with Crippen molar-refractivity contribution < 1.29 is 28.7 Å². The Morgan fingerprint density at radius 1 is 0.806 bits per heavy atom. The third-order valence-corrected chi connectivity index (χ3v) is 6.66. The maximum Gasteiger partial charge on any atom is 0.325 e. The Kier molecular flexibility index (Phi) is 4.47. The molecule has 1 atom stereocenters. The molecule has 6 heteroatoms. The van der Waals surface area contributed by atoms with Crippen LogP contribution in [0.4, 0.5) is 0 Å². The molecule has 160 valence electrons. The van der Waals surface area contributed by atoms with Gasteiger partial charge in [-0.15, -0.1) is 0 Å². The van der Waals surface area contributed by atoms with Crippen LogP contribution in [0.3, 0.4) is 0 Å². The summed E-state index contributed by atoms with van der Waals surface area (Å²) in [5.74, 6) is -4.00. The number of hydrogen-bond acceptors (Lipinski definition) is 6. The zero-order valence-electron chi connectivity index (χ0n) is 18.1. The van der Waals surface area contributed by atoms with Gasteiger partial charge in [-0.3, -0.25) is 19.2 Å². The summed E-state index contributed by atoms with van der Waals surface area (Å²) < 4.78 is 9.94. The molecule has 2 aliphatic carbocycles. The summed E-state index contributed by atoms with van der Waals surface area (Å²) in [4.78, 5) is 53.4. The summed E-state index contributed by atoms with van der Waals surface area (Å²) in [6.45, 7) is 6.19. The molecule has 2 aromatic rings. The number of Topliss-reactive ketones (excluding diaryl/α,β-unsaturated/α-hetero) is 2. The fourth-order valence-corrected chi connectivity index (χ4v) is 5.14. The van der Waals surface area contributed by atoms with Gasteiger partial charge in [-0.2, -0.15) is 0 Å². The van der Waals surface area contributed by atoms with E-state index in [-0.39, 0.29) is 16.5 Å². The molecular formula is C25H24O6. The van der Waals surface area contributed by atoms with Crippen molar-refractivity contribution in [3.8, 4) is 0 Å². The SMILES string of the molecule is COC(=O)C1(C(=O)OC)C(c2ccc(C(C)(C)C)cc2)C12C(=O)c1ccccc1C2=O. The smallest absolute Gasteiger partial charge is 0.325 e. The highest BCUT2D eigenvalue weighted by molar-refractivity contribution is 6.39. The van der Waals surface area contributed by atoms with Crippen LogP contribution in [-0.4, -0.2) is 37.7 Å². The third-order valence-electron chi connectivity index (χ3n) is 6.66. The second-order valence-corrected chi connectivity index (χ2v) is 9.11. The Labute approximate surface area is 180 Å². The van der Waals surface area contributed by atoms with E-state index in [1.165, 1.54) is 0 Å². The number of ketones is 2. The van der Waals surface area contributed by atoms with Gasteiger partial charge in [-0.25, -0.2) is 0 Å². The number of fused-ring (bicyclic) bond motifs is 1. The summed E-state index contributed by atoms with van der Waals surface area (Å²) >= 11 is 0. The number of esters is 2. The molecule has 0 heterocycles. The first kappa shape index (κ1) is 21.0. The minimum atomic E-state index is -2.06. The van der Waals surface area contributed by atoms with Crippen LogP contribution < -0.4 is 0 Å². The van der Waals surface area contributed by atoms with E-state index in [9.17, 15) is 19.2 Å². The molecule has 0 saturated heterocycles. The van der Waals surface area contributed by atoms with Gasteiger partial charge in [-0.05, 0) is 16.5 Å². The Morgan fingerprint density at radius 3 is 1.65 bits per heavy atom. The third kappa shape index (κ3) is 2.39. The fraction of sp³-hybridized carbons (Fsp3) is 0.360. The first-order valence-electron chi connectivity index (χ1n) is 10.1. The van der Waals surface area contributed by atoms with Gasteiger partial charge in [0.15, 0.2) is 17.0 Å². The molecule has 31 heavy (non-hydrogen) atoms. The molecule has 6 nitrogen and oxygen atoms in total. The highest BCUT2D eigenvalue weighted by Crippen LogP contribution is 2.79. The molecule has 0 N–H and O–H groups in total. The summed E-state index contributed by atoms with van der Waals surface area (Å²) in [7, 11) is 2.27. The minimum absolute atomic E-state index is 0.114. The van der Waals surface area contributed by atoms with Crippen LogP contribution in [0.2, 0.25) is 0 Å². The zero-order valence-corrected chi connectivity index (χ0v) is 18.1. The maximum absolute atomic E-state index is 13.6. The lowest BCUT2D eigenvalue weighted by Crippen LogP contribution is -2.39. The maximum atomic E-state index is 13.6. The van der Waals surface area contributed by atoms with Crippen LogP contribution in [0.5, 0.6) is 0 Å². The van der Waals surface area contributed by atoms with Crippen molar-refractivity contribution in [3.63, 3.8) is 0 Å². The Morgan fingerprint density at radius 2 is 1.26 bits per heavy atom. The average molecular weight is 420 g/mol. The Balaban J connectivity index is 1.97. The molecule has 1 fully saturated rings. The monoisotopic (exact) mass is 420 g/mol. The number of carbonyl (C=O) groups is 4. The molecule has 0 amide bonds. The number of carbonyl (C=O) groups excluding carboxylic acids is 4. The minimum Gasteiger partial charge on any atom is -0.468 e. The van der Waals surface area contributed by atoms with Gasteiger partial charge in [-0.1, -0.05) is 69.3 Å². The molecule has 1 saturated carbocycles. The predicted octanol–water partition coefficient (Wildman–Crippen LogP) is 3.48. The molecule has 2 aromatic carbocycles. The number of hydrogen-bond donors (Lipinski definition) is 0. The van der Waals surface area contributed by atoms with Crippen LogP contribution in [0.15, 0.2) is 48.5 Å². The quantitative estimate of drug-likeness (QED) is 0.558. The van der Waals surface area contributed by atoms with Gasteiger partial charge in [0, 0.05) is 17.0 Å². The Bertz CT molecular complexity index is 1070. The van der Waals surface area contributed by atoms with Gasteiger partial charge in [0.05, 0.1) is 14.2 Å². The van der Waals surface area contributed by atoms with Crippen molar-refractivity contribution in [2.24, 2.45) is 10.8 Å². The van der Waals surface area contributed by atoms with Crippen molar-refractivity contribution in [1.29, 1.82) is 0 Å². The molecule has 2 aliphatic rings. The van der Waals surface area contributed by atoms with E-state index in [1.54, 1.807) is 36.4 Å². The number of benzene rings is 2. The molecule has 4 rings (SSSR count). The molecular weight excluding hydrogens is 396 g/mol.